The number of carbonyl (C=O) groups is 3. The minimum atomic E-state index is -1.04. The molecule has 0 radical (unpaired) electrons. The molecule has 25 heavy (non-hydrogen) atoms. The van der Waals surface area contributed by atoms with Crippen molar-refractivity contribution >= 4 is 33.7 Å². The maximum atomic E-state index is 13.8. The topological polar surface area (TPSA) is 84.5 Å². The monoisotopic (exact) mass is 414 g/mol. The Morgan fingerprint density at radius 1 is 1.24 bits per heavy atom. The van der Waals surface area contributed by atoms with Crippen LogP contribution in [0.25, 0.3) is 0 Å². The number of carbonyl (C=O) groups excluding carboxylic acids is 3. The molecule has 2 N–H and O–H groups in total. The van der Waals surface area contributed by atoms with Crippen LogP contribution >= 0.6 is 15.9 Å². The van der Waals surface area contributed by atoms with Crippen molar-refractivity contribution in [3.05, 3.63) is 46.7 Å². The van der Waals surface area contributed by atoms with E-state index in [0.29, 0.717) is 4.48 Å². The second-order valence-corrected chi connectivity index (χ2v) is 6.48. The molecular formula is C17H20BrFN2O4. The van der Waals surface area contributed by atoms with Gasteiger partial charge in [-0.3, -0.25) is 9.59 Å². The first kappa shape index (κ1) is 20.8. The van der Waals surface area contributed by atoms with Gasteiger partial charge in [0, 0.05) is 19.8 Å². The van der Waals surface area contributed by atoms with Crippen LogP contribution in [-0.4, -0.2) is 37.0 Å². The van der Waals surface area contributed by atoms with Crippen LogP contribution in [0.5, 0.6) is 0 Å². The van der Waals surface area contributed by atoms with Gasteiger partial charge >= 0.3 is 5.97 Å². The van der Waals surface area contributed by atoms with E-state index in [1.807, 2.05) is 0 Å². The van der Waals surface area contributed by atoms with Crippen molar-refractivity contribution in [1.82, 2.24) is 10.6 Å². The van der Waals surface area contributed by atoms with Gasteiger partial charge in [0.1, 0.15) is 17.9 Å². The Kier molecular flexibility index (Phi) is 8.27. The predicted molar refractivity (Wildman–Crippen MR) is 94.3 cm³/mol. The average molecular weight is 415 g/mol. The lowest BCUT2D eigenvalue weighted by molar-refractivity contribution is -0.145. The molecule has 1 rings (SSSR count). The molecule has 0 aliphatic rings. The second kappa shape index (κ2) is 9.93. The van der Waals surface area contributed by atoms with E-state index in [-0.39, 0.29) is 18.4 Å². The number of amides is 2. The summed E-state index contributed by atoms with van der Waals surface area (Å²) in [5, 5.41) is 4.97. The lowest BCUT2D eigenvalue weighted by Crippen LogP contribution is -2.52. The standard InChI is InChI=1S/C17H20BrFN2O4/c1-10(18)8-15(17(24)25-3)21-16(23)14(20-11(2)22)9-12-6-4-5-7-13(12)19/h4-7,14-15H,1,8-9H2,2-3H3,(H,20,22)(H,21,23)/t14-,15-/m1/s1. The number of hydrogen-bond acceptors (Lipinski definition) is 4. The van der Waals surface area contributed by atoms with Gasteiger partial charge in [0.25, 0.3) is 0 Å². The van der Waals surface area contributed by atoms with Crippen LogP contribution in [0.2, 0.25) is 0 Å². The molecule has 0 bridgehead atoms. The number of ether oxygens (including phenoxy) is 1. The Balaban J connectivity index is 2.94. The first-order valence-electron chi connectivity index (χ1n) is 7.46. The van der Waals surface area contributed by atoms with Gasteiger partial charge in [-0.1, -0.05) is 40.7 Å². The highest BCUT2D eigenvalue weighted by Gasteiger charge is 2.27. The minimum absolute atomic E-state index is 0.0543. The zero-order chi connectivity index (χ0) is 19.0. The number of esters is 1. The van der Waals surface area contributed by atoms with E-state index in [1.54, 1.807) is 6.07 Å². The normalized spacial score (nSPS) is 12.6. The smallest absolute Gasteiger partial charge is 0.328 e. The van der Waals surface area contributed by atoms with Crippen molar-refractivity contribution in [1.29, 1.82) is 0 Å². The van der Waals surface area contributed by atoms with Crippen molar-refractivity contribution in [2.24, 2.45) is 0 Å². The van der Waals surface area contributed by atoms with Gasteiger partial charge in [-0.2, -0.15) is 0 Å². The Morgan fingerprint density at radius 3 is 2.40 bits per heavy atom. The SMILES string of the molecule is C=C(Br)C[C@@H](NC(=O)[C@@H](Cc1ccccc1F)NC(C)=O)C(=O)OC. The summed E-state index contributed by atoms with van der Waals surface area (Å²) in [6.07, 6.45) is 0.0616. The largest absolute Gasteiger partial charge is 0.467 e. The molecule has 0 heterocycles. The van der Waals surface area contributed by atoms with Crippen molar-refractivity contribution in [3.8, 4) is 0 Å². The first-order valence-corrected chi connectivity index (χ1v) is 8.25. The third kappa shape index (κ3) is 7.04. The van der Waals surface area contributed by atoms with E-state index in [0.717, 1.165) is 0 Å². The third-order valence-corrected chi connectivity index (χ3v) is 3.63. The lowest BCUT2D eigenvalue weighted by atomic mass is 10.0. The van der Waals surface area contributed by atoms with Crippen LogP contribution in [0.4, 0.5) is 4.39 Å². The summed E-state index contributed by atoms with van der Waals surface area (Å²) in [5.74, 6) is -2.20. The highest BCUT2D eigenvalue weighted by atomic mass is 79.9. The average Bonchev–Trinajstić information content (AvgIpc) is 2.53. The van der Waals surface area contributed by atoms with Gasteiger partial charge in [0.2, 0.25) is 11.8 Å². The molecule has 8 heteroatoms. The maximum Gasteiger partial charge on any atom is 0.328 e. The molecule has 0 saturated heterocycles. The van der Waals surface area contributed by atoms with Crippen molar-refractivity contribution < 1.29 is 23.5 Å². The zero-order valence-corrected chi connectivity index (χ0v) is 15.6. The molecule has 6 nitrogen and oxygen atoms in total. The van der Waals surface area contributed by atoms with Crippen LogP contribution < -0.4 is 10.6 Å². The highest BCUT2D eigenvalue weighted by molar-refractivity contribution is 9.11. The van der Waals surface area contributed by atoms with Gasteiger partial charge in [-0.05, 0) is 16.1 Å². The molecule has 0 fully saturated rings. The van der Waals surface area contributed by atoms with E-state index in [1.165, 1.54) is 32.2 Å². The lowest BCUT2D eigenvalue weighted by Gasteiger charge is -2.22. The summed E-state index contributed by atoms with van der Waals surface area (Å²) < 4.78 is 19.0. The van der Waals surface area contributed by atoms with Crippen molar-refractivity contribution in [2.45, 2.75) is 31.8 Å². The molecule has 0 aliphatic carbocycles. The fraction of sp³-hybridized carbons (Fsp3) is 0.353. The van der Waals surface area contributed by atoms with Crippen LogP contribution in [0.15, 0.2) is 35.3 Å². The summed E-state index contributed by atoms with van der Waals surface area (Å²) in [5.41, 5.74) is 0.274. The quantitative estimate of drug-likeness (QED) is 0.635. The van der Waals surface area contributed by atoms with Crippen LogP contribution in [-0.2, 0) is 25.5 Å². The number of methoxy groups -OCH3 is 1. The Hall–Kier alpha value is -2.22. The van der Waals surface area contributed by atoms with Gasteiger partial charge in [-0.25, -0.2) is 9.18 Å². The summed E-state index contributed by atoms with van der Waals surface area (Å²) >= 11 is 3.13. The molecule has 0 saturated carbocycles. The molecule has 0 spiro atoms. The van der Waals surface area contributed by atoms with Crippen molar-refractivity contribution in [3.63, 3.8) is 0 Å². The van der Waals surface area contributed by atoms with E-state index in [9.17, 15) is 18.8 Å². The first-order chi connectivity index (χ1) is 11.7. The van der Waals surface area contributed by atoms with E-state index in [2.05, 4.69) is 37.9 Å². The Morgan fingerprint density at radius 2 is 1.88 bits per heavy atom. The molecular weight excluding hydrogens is 395 g/mol. The summed E-state index contributed by atoms with van der Waals surface area (Å²) in [7, 11) is 1.20. The number of benzene rings is 1. The summed E-state index contributed by atoms with van der Waals surface area (Å²) in [6.45, 7) is 4.88. The van der Waals surface area contributed by atoms with E-state index in [4.69, 9.17) is 0 Å². The van der Waals surface area contributed by atoms with Crippen LogP contribution in [0, 0.1) is 5.82 Å². The molecule has 136 valence electrons. The number of nitrogens with one attached hydrogen (secondary N) is 2. The number of rotatable bonds is 8. The molecule has 2 atom stereocenters. The maximum absolute atomic E-state index is 13.8. The zero-order valence-electron chi connectivity index (χ0n) is 14.0. The fourth-order valence-electron chi connectivity index (χ4n) is 2.17. The number of hydrogen-bond donors (Lipinski definition) is 2. The molecule has 0 unspecified atom stereocenters. The number of halogens is 2. The molecule has 0 aromatic heterocycles. The fourth-order valence-corrected chi connectivity index (χ4v) is 2.49. The molecule has 0 aliphatic heterocycles. The Labute approximate surface area is 153 Å². The van der Waals surface area contributed by atoms with E-state index >= 15 is 0 Å². The summed E-state index contributed by atoms with van der Waals surface area (Å²) in [6, 6.07) is 3.94. The van der Waals surface area contributed by atoms with E-state index < -0.39 is 35.7 Å². The van der Waals surface area contributed by atoms with Gasteiger partial charge in [0.05, 0.1) is 7.11 Å². The van der Waals surface area contributed by atoms with Crippen LogP contribution in [0.3, 0.4) is 0 Å². The Bertz CT molecular complexity index is 666. The third-order valence-electron chi connectivity index (χ3n) is 3.30. The van der Waals surface area contributed by atoms with Gasteiger partial charge in [-0.15, -0.1) is 0 Å². The molecule has 1 aromatic rings. The van der Waals surface area contributed by atoms with Crippen LogP contribution in [0.1, 0.15) is 18.9 Å². The highest BCUT2D eigenvalue weighted by Crippen LogP contribution is 2.13. The predicted octanol–water partition coefficient (Wildman–Crippen LogP) is 1.83. The van der Waals surface area contributed by atoms with Gasteiger partial charge in [0.15, 0.2) is 0 Å². The summed E-state index contributed by atoms with van der Waals surface area (Å²) in [4.78, 5) is 35.7. The van der Waals surface area contributed by atoms with Gasteiger partial charge < -0.3 is 15.4 Å². The second-order valence-electron chi connectivity index (χ2n) is 5.35. The van der Waals surface area contributed by atoms with Crippen molar-refractivity contribution in [2.75, 3.05) is 7.11 Å². The molecule has 2 amide bonds. The molecule has 1 aromatic carbocycles. The minimum Gasteiger partial charge on any atom is -0.467 e.